The van der Waals surface area contributed by atoms with Gasteiger partial charge in [-0.25, -0.2) is 4.98 Å². The van der Waals surface area contributed by atoms with E-state index in [2.05, 4.69) is 30.8 Å². The standard InChI is InChI=1S/C14H14N6OS2/c1-7-11(8(2)21-19-7)5-12-16-17-14-20(12)18-13(23-14)4-10-6-22-9(3)15-10/h6H,4-5H2,1-3H3. The molecule has 0 aliphatic rings. The Bertz CT molecular complexity index is 959. The van der Waals surface area contributed by atoms with E-state index >= 15 is 0 Å². The van der Waals surface area contributed by atoms with Crippen LogP contribution >= 0.6 is 22.7 Å². The fraction of sp³-hybridized carbons (Fsp3) is 0.357. The molecule has 0 aliphatic carbocycles. The molecule has 0 radical (unpaired) electrons. The molecular formula is C14H14N6OS2. The number of rotatable bonds is 4. The average Bonchev–Trinajstić information content (AvgIpc) is 3.24. The van der Waals surface area contributed by atoms with Crippen LogP contribution in [-0.4, -0.2) is 30.0 Å². The van der Waals surface area contributed by atoms with Gasteiger partial charge >= 0.3 is 0 Å². The van der Waals surface area contributed by atoms with Gasteiger partial charge in [-0.3, -0.25) is 0 Å². The molecule has 4 heterocycles. The SMILES string of the molecule is Cc1nc(Cc2nn3c(Cc4c(C)noc4C)nnc3s2)cs1. The minimum absolute atomic E-state index is 0.612. The normalized spacial score (nSPS) is 11.6. The number of hydrogen-bond donors (Lipinski definition) is 0. The highest BCUT2D eigenvalue weighted by Gasteiger charge is 2.17. The van der Waals surface area contributed by atoms with Crippen LogP contribution in [0.4, 0.5) is 0 Å². The molecule has 118 valence electrons. The minimum atomic E-state index is 0.612. The maximum atomic E-state index is 5.21. The van der Waals surface area contributed by atoms with Crippen LogP contribution < -0.4 is 0 Å². The van der Waals surface area contributed by atoms with Crippen molar-refractivity contribution in [2.45, 2.75) is 33.6 Å². The minimum Gasteiger partial charge on any atom is -0.361 e. The molecule has 0 spiro atoms. The van der Waals surface area contributed by atoms with Crippen LogP contribution in [-0.2, 0) is 12.8 Å². The van der Waals surface area contributed by atoms with Gasteiger partial charge in [-0.1, -0.05) is 16.5 Å². The second-order valence-corrected chi connectivity index (χ2v) is 7.42. The molecule has 0 fully saturated rings. The number of fused-ring (bicyclic) bond motifs is 1. The lowest BCUT2D eigenvalue weighted by Gasteiger charge is -1.96. The Morgan fingerprint density at radius 1 is 1.17 bits per heavy atom. The lowest BCUT2D eigenvalue weighted by molar-refractivity contribution is 0.392. The van der Waals surface area contributed by atoms with Gasteiger partial charge in [0.25, 0.3) is 0 Å². The summed E-state index contributed by atoms with van der Waals surface area (Å²) >= 11 is 3.20. The number of hydrogen-bond acceptors (Lipinski definition) is 8. The molecular weight excluding hydrogens is 332 g/mol. The fourth-order valence-corrected chi connectivity index (χ4v) is 3.92. The molecule has 4 aromatic heterocycles. The zero-order valence-corrected chi connectivity index (χ0v) is 14.5. The third kappa shape index (κ3) is 2.66. The Labute approximate surface area is 140 Å². The summed E-state index contributed by atoms with van der Waals surface area (Å²) in [6.45, 7) is 5.85. The summed E-state index contributed by atoms with van der Waals surface area (Å²) in [4.78, 5) is 5.29. The monoisotopic (exact) mass is 346 g/mol. The maximum absolute atomic E-state index is 5.21. The number of thiazole rings is 1. The molecule has 0 saturated carbocycles. The van der Waals surface area contributed by atoms with E-state index in [1.807, 2.05) is 25.3 Å². The van der Waals surface area contributed by atoms with Crippen LogP contribution in [0, 0.1) is 20.8 Å². The lowest BCUT2D eigenvalue weighted by atomic mass is 10.1. The van der Waals surface area contributed by atoms with Gasteiger partial charge in [-0.05, 0) is 20.8 Å². The third-order valence-corrected chi connectivity index (χ3v) is 5.33. The Balaban J connectivity index is 1.64. The van der Waals surface area contributed by atoms with Crippen LogP contribution in [0.25, 0.3) is 4.96 Å². The van der Waals surface area contributed by atoms with E-state index in [0.717, 1.165) is 49.9 Å². The van der Waals surface area contributed by atoms with Crippen molar-refractivity contribution in [3.05, 3.63) is 43.9 Å². The van der Waals surface area contributed by atoms with E-state index in [1.54, 1.807) is 22.7 Å². The Morgan fingerprint density at radius 3 is 2.74 bits per heavy atom. The highest BCUT2D eigenvalue weighted by atomic mass is 32.1. The molecule has 4 rings (SSSR count). The van der Waals surface area contributed by atoms with Gasteiger partial charge in [0, 0.05) is 23.8 Å². The first-order chi connectivity index (χ1) is 11.1. The Hall–Kier alpha value is -2.13. The fourth-order valence-electron chi connectivity index (χ4n) is 2.44. The first-order valence-electron chi connectivity index (χ1n) is 7.13. The van der Waals surface area contributed by atoms with E-state index < -0.39 is 0 Å². The lowest BCUT2D eigenvalue weighted by Crippen LogP contribution is -2.00. The highest BCUT2D eigenvalue weighted by molar-refractivity contribution is 7.16. The quantitative estimate of drug-likeness (QED) is 0.565. The predicted octanol–water partition coefficient (Wildman–Crippen LogP) is 2.74. The summed E-state index contributed by atoms with van der Waals surface area (Å²) in [6, 6.07) is 0. The van der Waals surface area contributed by atoms with Crippen LogP contribution in [0.5, 0.6) is 0 Å². The number of aryl methyl sites for hydroxylation is 3. The summed E-state index contributed by atoms with van der Waals surface area (Å²) in [5.41, 5.74) is 2.97. The van der Waals surface area contributed by atoms with Crippen molar-refractivity contribution < 1.29 is 4.52 Å². The molecule has 0 bridgehead atoms. The van der Waals surface area contributed by atoms with E-state index in [4.69, 9.17) is 4.52 Å². The van der Waals surface area contributed by atoms with Gasteiger partial charge in [-0.2, -0.15) is 9.61 Å². The number of nitrogens with zero attached hydrogens (tertiary/aromatic N) is 6. The summed E-state index contributed by atoms with van der Waals surface area (Å²) in [5, 5.41) is 21.2. The van der Waals surface area contributed by atoms with Crippen LogP contribution in [0.1, 0.15) is 38.6 Å². The van der Waals surface area contributed by atoms with E-state index in [1.165, 1.54) is 0 Å². The zero-order chi connectivity index (χ0) is 16.0. The third-order valence-electron chi connectivity index (χ3n) is 3.61. The van der Waals surface area contributed by atoms with Crippen LogP contribution in [0.15, 0.2) is 9.90 Å². The van der Waals surface area contributed by atoms with Crippen molar-refractivity contribution in [2.24, 2.45) is 0 Å². The smallest absolute Gasteiger partial charge is 0.234 e. The van der Waals surface area contributed by atoms with Crippen molar-refractivity contribution in [1.82, 2.24) is 30.0 Å². The van der Waals surface area contributed by atoms with Gasteiger partial charge < -0.3 is 4.52 Å². The predicted molar refractivity (Wildman–Crippen MR) is 87.1 cm³/mol. The molecule has 0 atom stereocenters. The molecule has 9 heteroatoms. The van der Waals surface area contributed by atoms with Crippen molar-refractivity contribution in [1.29, 1.82) is 0 Å². The molecule has 23 heavy (non-hydrogen) atoms. The molecule has 0 N–H and O–H groups in total. The first-order valence-corrected chi connectivity index (χ1v) is 8.82. The molecule has 0 amide bonds. The largest absolute Gasteiger partial charge is 0.361 e. The molecule has 0 aliphatic heterocycles. The van der Waals surface area contributed by atoms with Crippen molar-refractivity contribution in [3.8, 4) is 0 Å². The summed E-state index contributed by atoms with van der Waals surface area (Å²) in [6.07, 6.45) is 1.34. The second kappa shape index (κ2) is 5.50. The molecule has 0 saturated heterocycles. The van der Waals surface area contributed by atoms with Gasteiger partial charge in [0.2, 0.25) is 4.96 Å². The van der Waals surface area contributed by atoms with E-state index in [9.17, 15) is 0 Å². The van der Waals surface area contributed by atoms with Gasteiger partial charge in [0.15, 0.2) is 5.82 Å². The summed E-state index contributed by atoms with van der Waals surface area (Å²) in [7, 11) is 0. The van der Waals surface area contributed by atoms with Crippen LogP contribution in [0.2, 0.25) is 0 Å². The molecule has 0 unspecified atom stereocenters. The number of aromatic nitrogens is 6. The van der Waals surface area contributed by atoms with Gasteiger partial charge in [0.05, 0.1) is 16.4 Å². The molecule has 7 nitrogen and oxygen atoms in total. The Kier molecular flexibility index (Phi) is 3.46. The molecule has 4 aromatic rings. The summed E-state index contributed by atoms with van der Waals surface area (Å²) in [5.74, 6) is 1.61. The maximum Gasteiger partial charge on any atom is 0.234 e. The Morgan fingerprint density at radius 2 is 2.04 bits per heavy atom. The van der Waals surface area contributed by atoms with Crippen molar-refractivity contribution in [2.75, 3.05) is 0 Å². The van der Waals surface area contributed by atoms with Crippen molar-refractivity contribution >= 4 is 27.6 Å². The second-order valence-electron chi connectivity index (χ2n) is 5.32. The van der Waals surface area contributed by atoms with Crippen LogP contribution in [0.3, 0.4) is 0 Å². The van der Waals surface area contributed by atoms with E-state index in [-0.39, 0.29) is 0 Å². The highest BCUT2D eigenvalue weighted by Crippen LogP contribution is 2.21. The zero-order valence-electron chi connectivity index (χ0n) is 12.9. The summed E-state index contributed by atoms with van der Waals surface area (Å²) < 4.78 is 7.02. The van der Waals surface area contributed by atoms with E-state index in [0.29, 0.717) is 6.42 Å². The topological polar surface area (TPSA) is 82.0 Å². The average molecular weight is 346 g/mol. The van der Waals surface area contributed by atoms with Crippen molar-refractivity contribution in [3.63, 3.8) is 0 Å². The van der Waals surface area contributed by atoms with Gasteiger partial charge in [0.1, 0.15) is 10.8 Å². The molecule has 0 aromatic carbocycles. The van der Waals surface area contributed by atoms with Gasteiger partial charge in [-0.15, -0.1) is 21.5 Å². The first kappa shape index (κ1) is 14.5.